The summed E-state index contributed by atoms with van der Waals surface area (Å²) in [5.74, 6) is 0.404. The molecule has 0 aliphatic heterocycles. The highest BCUT2D eigenvalue weighted by atomic mass is 32.2. The molecule has 0 spiro atoms. The van der Waals surface area contributed by atoms with Crippen LogP contribution in [0.5, 0.6) is 5.75 Å². The van der Waals surface area contributed by atoms with Crippen molar-refractivity contribution in [3.05, 3.63) is 24.3 Å². The summed E-state index contributed by atoms with van der Waals surface area (Å²) in [6, 6.07) is 5.82. The lowest BCUT2D eigenvalue weighted by atomic mass is 10.3. The number of ether oxygens (including phenoxy) is 1. The summed E-state index contributed by atoms with van der Waals surface area (Å²) < 4.78 is 27.4. The number of hydrogen-bond acceptors (Lipinski definition) is 4. The summed E-state index contributed by atoms with van der Waals surface area (Å²) in [5.41, 5.74) is 0. The Hall–Kier alpha value is -1.60. The van der Waals surface area contributed by atoms with Crippen molar-refractivity contribution >= 4 is 15.9 Å². The Morgan fingerprint density at radius 2 is 1.89 bits per heavy atom. The topological polar surface area (TPSA) is 98.5 Å². The Labute approximate surface area is 113 Å². The fraction of sp³-hybridized carbons (Fsp3) is 0.417. The molecular weight excluding hydrogens is 268 g/mol. The van der Waals surface area contributed by atoms with Crippen LogP contribution in [0, 0.1) is 0 Å². The van der Waals surface area contributed by atoms with E-state index in [4.69, 9.17) is 9.88 Å². The molecule has 6 nitrogen and oxygen atoms in total. The number of benzene rings is 1. The molecule has 0 radical (unpaired) electrons. The Morgan fingerprint density at radius 3 is 2.37 bits per heavy atom. The van der Waals surface area contributed by atoms with Gasteiger partial charge in [0, 0.05) is 6.04 Å². The van der Waals surface area contributed by atoms with Crippen LogP contribution in [0.15, 0.2) is 29.2 Å². The standard InChI is InChI=1S/C12H18N2O4S/c1-9(2)14-12(15)7-8-18-10-3-5-11(6-4-10)19(13,16)17/h3-6,9H,7-8H2,1-2H3,(H,14,15)(H2,13,16,17). The highest BCUT2D eigenvalue weighted by Crippen LogP contribution is 2.14. The van der Waals surface area contributed by atoms with Crippen molar-refractivity contribution in [2.24, 2.45) is 5.14 Å². The van der Waals surface area contributed by atoms with E-state index in [1.807, 2.05) is 13.8 Å². The largest absolute Gasteiger partial charge is 0.493 e. The van der Waals surface area contributed by atoms with Crippen molar-refractivity contribution < 1.29 is 17.9 Å². The average Bonchev–Trinajstić information content (AvgIpc) is 2.27. The minimum Gasteiger partial charge on any atom is -0.493 e. The molecule has 0 atom stereocenters. The molecule has 0 aromatic heterocycles. The van der Waals surface area contributed by atoms with Gasteiger partial charge in [0.05, 0.1) is 17.9 Å². The van der Waals surface area contributed by atoms with E-state index < -0.39 is 10.0 Å². The number of primary sulfonamides is 1. The SMILES string of the molecule is CC(C)NC(=O)CCOc1ccc(S(N)(=O)=O)cc1. The molecule has 0 saturated carbocycles. The minimum atomic E-state index is -3.69. The predicted octanol–water partition coefficient (Wildman–Crippen LogP) is 0.628. The minimum absolute atomic E-state index is 0.0254. The molecule has 1 aromatic rings. The third-order valence-corrected chi connectivity index (χ3v) is 3.13. The van der Waals surface area contributed by atoms with Gasteiger partial charge in [-0.15, -0.1) is 0 Å². The fourth-order valence-corrected chi connectivity index (χ4v) is 1.90. The van der Waals surface area contributed by atoms with Crippen molar-refractivity contribution in [1.29, 1.82) is 0 Å². The van der Waals surface area contributed by atoms with Gasteiger partial charge in [0.15, 0.2) is 0 Å². The highest BCUT2D eigenvalue weighted by molar-refractivity contribution is 7.89. The van der Waals surface area contributed by atoms with Crippen molar-refractivity contribution in [3.8, 4) is 5.75 Å². The molecule has 0 bridgehead atoms. The predicted molar refractivity (Wildman–Crippen MR) is 71.2 cm³/mol. The molecule has 0 heterocycles. The second-order valence-electron chi connectivity index (χ2n) is 4.34. The molecule has 0 fully saturated rings. The fourth-order valence-electron chi connectivity index (χ4n) is 1.38. The third-order valence-electron chi connectivity index (χ3n) is 2.20. The van der Waals surface area contributed by atoms with Crippen LogP contribution in [-0.4, -0.2) is 27.0 Å². The molecule has 106 valence electrons. The molecule has 0 saturated heterocycles. The summed E-state index contributed by atoms with van der Waals surface area (Å²) in [6.45, 7) is 3.99. The molecule has 0 unspecified atom stereocenters. The zero-order valence-corrected chi connectivity index (χ0v) is 11.7. The number of nitrogens with two attached hydrogens (primary N) is 1. The van der Waals surface area contributed by atoms with Gasteiger partial charge >= 0.3 is 0 Å². The van der Waals surface area contributed by atoms with Crippen molar-refractivity contribution in [3.63, 3.8) is 0 Å². The second kappa shape index (κ2) is 6.53. The smallest absolute Gasteiger partial charge is 0.238 e. The number of rotatable bonds is 6. The van der Waals surface area contributed by atoms with E-state index >= 15 is 0 Å². The number of carbonyl (C=O) groups is 1. The Balaban J connectivity index is 2.45. The molecule has 0 aliphatic rings. The van der Waals surface area contributed by atoms with Gasteiger partial charge in [-0.05, 0) is 38.1 Å². The van der Waals surface area contributed by atoms with E-state index in [1.165, 1.54) is 24.3 Å². The first-order valence-electron chi connectivity index (χ1n) is 5.84. The molecular formula is C12H18N2O4S. The lowest BCUT2D eigenvalue weighted by Crippen LogP contribution is -2.31. The lowest BCUT2D eigenvalue weighted by molar-refractivity contribution is -0.122. The van der Waals surface area contributed by atoms with Crippen molar-refractivity contribution in [2.45, 2.75) is 31.2 Å². The molecule has 7 heteroatoms. The summed E-state index contributed by atoms with van der Waals surface area (Å²) >= 11 is 0. The van der Waals surface area contributed by atoms with E-state index in [0.717, 1.165) is 0 Å². The number of carbonyl (C=O) groups excluding carboxylic acids is 1. The Bertz CT molecular complexity index is 523. The monoisotopic (exact) mass is 286 g/mol. The first kappa shape index (κ1) is 15.5. The van der Waals surface area contributed by atoms with Crippen LogP contribution in [0.4, 0.5) is 0 Å². The van der Waals surface area contributed by atoms with Gasteiger partial charge < -0.3 is 10.1 Å². The maximum atomic E-state index is 11.3. The zero-order valence-electron chi connectivity index (χ0n) is 10.9. The normalized spacial score (nSPS) is 11.4. The first-order chi connectivity index (χ1) is 8.79. The van der Waals surface area contributed by atoms with E-state index in [2.05, 4.69) is 5.32 Å². The van der Waals surface area contributed by atoms with Gasteiger partial charge in [-0.1, -0.05) is 0 Å². The van der Waals surface area contributed by atoms with Crippen LogP contribution in [0.2, 0.25) is 0 Å². The highest BCUT2D eigenvalue weighted by Gasteiger charge is 2.07. The van der Waals surface area contributed by atoms with Crippen LogP contribution in [0.25, 0.3) is 0 Å². The first-order valence-corrected chi connectivity index (χ1v) is 7.38. The van der Waals surface area contributed by atoms with Crippen LogP contribution in [0.1, 0.15) is 20.3 Å². The second-order valence-corrected chi connectivity index (χ2v) is 5.90. The van der Waals surface area contributed by atoms with Gasteiger partial charge in [-0.2, -0.15) is 0 Å². The maximum absolute atomic E-state index is 11.3. The van der Waals surface area contributed by atoms with Gasteiger partial charge in [-0.3, -0.25) is 4.79 Å². The van der Waals surface area contributed by atoms with Crippen molar-refractivity contribution in [2.75, 3.05) is 6.61 Å². The van der Waals surface area contributed by atoms with Crippen LogP contribution in [0.3, 0.4) is 0 Å². The van der Waals surface area contributed by atoms with Gasteiger partial charge in [0.2, 0.25) is 15.9 Å². The third kappa shape index (κ3) is 5.71. The molecule has 1 amide bonds. The van der Waals surface area contributed by atoms with E-state index in [9.17, 15) is 13.2 Å². The number of nitrogens with one attached hydrogen (secondary N) is 1. The number of hydrogen-bond donors (Lipinski definition) is 2. The Morgan fingerprint density at radius 1 is 1.32 bits per heavy atom. The van der Waals surface area contributed by atoms with Crippen molar-refractivity contribution in [1.82, 2.24) is 5.32 Å². The van der Waals surface area contributed by atoms with E-state index in [1.54, 1.807) is 0 Å². The van der Waals surface area contributed by atoms with E-state index in [-0.39, 0.29) is 29.9 Å². The number of amides is 1. The number of sulfonamides is 1. The summed E-state index contributed by atoms with van der Waals surface area (Å²) in [4.78, 5) is 11.4. The molecule has 1 aromatic carbocycles. The van der Waals surface area contributed by atoms with Gasteiger partial charge in [0.1, 0.15) is 5.75 Å². The quantitative estimate of drug-likeness (QED) is 0.801. The van der Waals surface area contributed by atoms with Crippen LogP contribution >= 0.6 is 0 Å². The molecule has 19 heavy (non-hydrogen) atoms. The summed E-state index contributed by atoms with van der Waals surface area (Å²) in [7, 11) is -3.69. The Kier molecular flexibility index (Phi) is 5.31. The molecule has 1 rings (SSSR count). The summed E-state index contributed by atoms with van der Waals surface area (Å²) in [5, 5.41) is 7.71. The van der Waals surface area contributed by atoms with Crippen LogP contribution in [-0.2, 0) is 14.8 Å². The van der Waals surface area contributed by atoms with Gasteiger partial charge in [0.25, 0.3) is 0 Å². The summed E-state index contributed by atoms with van der Waals surface area (Å²) in [6.07, 6.45) is 0.245. The lowest BCUT2D eigenvalue weighted by Gasteiger charge is -2.09. The zero-order chi connectivity index (χ0) is 14.5. The average molecular weight is 286 g/mol. The maximum Gasteiger partial charge on any atom is 0.238 e. The van der Waals surface area contributed by atoms with E-state index in [0.29, 0.717) is 5.75 Å². The van der Waals surface area contributed by atoms with Crippen LogP contribution < -0.4 is 15.2 Å². The van der Waals surface area contributed by atoms with Gasteiger partial charge in [-0.25, -0.2) is 13.6 Å². The molecule has 3 N–H and O–H groups in total. The molecule has 0 aliphatic carbocycles.